The smallest absolute Gasteiger partial charge is 0.0997 e. The zero-order valence-electron chi connectivity index (χ0n) is 6.73. The van der Waals surface area contributed by atoms with Gasteiger partial charge in [0.15, 0.2) is 0 Å². The molecular formula is C10H6NO2-. The van der Waals surface area contributed by atoms with E-state index in [4.69, 9.17) is 5.26 Å². The molecule has 0 bridgehead atoms. The first-order valence-electron chi connectivity index (χ1n) is 3.62. The lowest BCUT2D eigenvalue weighted by Gasteiger charge is -1.96. The van der Waals surface area contributed by atoms with Gasteiger partial charge in [0.05, 0.1) is 17.6 Å². The maximum atomic E-state index is 10.1. The van der Waals surface area contributed by atoms with Gasteiger partial charge in [-0.05, 0) is 17.7 Å². The Hall–Kier alpha value is -2.08. The van der Waals surface area contributed by atoms with E-state index in [0.717, 1.165) is 6.08 Å². The molecule has 0 atom stereocenters. The first-order valence-corrected chi connectivity index (χ1v) is 3.62. The quantitative estimate of drug-likeness (QED) is 0.603. The molecule has 0 saturated heterocycles. The van der Waals surface area contributed by atoms with Crippen LogP contribution in [0.15, 0.2) is 30.3 Å². The van der Waals surface area contributed by atoms with Gasteiger partial charge in [-0.1, -0.05) is 24.3 Å². The average Bonchev–Trinajstić information content (AvgIpc) is 2.15. The molecule has 0 aliphatic heterocycles. The molecule has 0 spiro atoms. The number of carboxylic acids is 1. The Morgan fingerprint density at radius 1 is 1.46 bits per heavy atom. The largest absolute Gasteiger partial charge is 0.545 e. The molecule has 1 aromatic rings. The number of hydrogen-bond donors (Lipinski definition) is 0. The van der Waals surface area contributed by atoms with Crippen molar-refractivity contribution in [2.75, 3.05) is 0 Å². The molecule has 1 aromatic carbocycles. The second-order valence-corrected chi connectivity index (χ2v) is 2.35. The van der Waals surface area contributed by atoms with Crippen molar-refractivity contribution in [1.82, 2.24) is 0 Å². The molecule has 0 fully saturated rings. The normalized spacial score (nSPS) is 9.77. The molecule has 64 valence electrons. The van der Waals surface area contributed by atoms with Crippen LogP contribution in [0.4, 0.5) is 0 Å². The van der Waals surface area contributed by atoms with Crippen molar-refractivity contribution in [2.24, 2.45) is 0 Å². The van der Waals surface area contributed by atoms with Gasteiger partial charge in [-0.2, -0.15) is 5.26 Å². The molecule has 0 unspecified atom stereocenters. The number of benzene rings is 1. The Bertz CT molecular complexity index is 388. The third-order valence-corrected chi connectivity index (χ3v) is 1.48. The monoisotopic (exact) mass is 172 g/mol. The molecule has 3 heteroatoms. The summed E-state index contributed by atoms with van der Waals surface area (Å²) >= 11 is 0. The number of aliphatic carboxylic acids is 1. The Morgan fingerprint density at radius 3 is 2.77 bits per heavy atom. The van der Waals surface area contributed by atoms with Crippen LogP contribution in [0, 0.1) is 11.3 Å². The average molecular weight is 172 g/mol. The van der Waals surface area contributed by atoms with Crippen LogP contribution in [-0.4, -0.2) is 5.97 Å². The van der Waals surface area contributed by atoms with Crippen LogP contribution in [-0.2, 0) is 4.79 Å². The van der Waals surface area contributed by atoms with Crippen molar-refractivity contribution in [2.45, 2.75) is 0 Å². The van der Waals surface area contributed by atoms with Crippen LogP contribution in [0.5, 0.6) is 0 Å². The molecule has 0 amide bonds. The van der Waals surface area contributed by atoms with E-state index < -0.39 is 5.97 Å². The van der Waals surface area contributed by atoms with Gasteiger partial charge in [0.2, 0.25) is 0 Å². The summed E-state index contributed by atoms with van der Waals surface area (Å²) in [6.45, 7) is 0. The van der Waals surface area contributed by atoms with Crippen molar-refractivity contribution < 1.29 is 9.90 Å². The topological polar surface area (TPSA) is 63.9 Å². The van der Waals surface area contributed by atoms with Gasteiger partial charge in [0, 0.05) is 0 Å². The van der Waals surface area contributed by atoms with Crippen LogP contribution < -0.4 is 5.11 Å². The van der Waals surface area contributed by atoms with Gasteiger partial charge in [0.1, 0.15) is 0 Å². The molecule has 0 heterocycles. The van der Waals surface area contributed by atoms with Gasteiger partial charge in [0.25, 0.3) is 0 Å². The highest BCUT2D eigenvalue weighted by molar-refractivity contribution is 5.84. The van der Waals surface area contributed by atoms with Crippen molar-refractivity contribution in [3.05, 3.63) is 41.5 Å². The summed E-state index contributed by atoms with van der Waals surface area (Å²) in [6.07, 6.45) is 2.24. The van der Waals surface area contributed by atoms with E-state index in [1.54, 1.807) is 24.3 Å². The van der Waals surface area contributed by atoms with E-state index in [0.29, 0.717) is 11.1 Å². The number of nitrogens with zero attached hydrogens (tertiary/aromatic N) is 1. The molecule has 3 nitrogen and oxygen atoms in total. The second kappa shape index (κ2) is 4.07. The van der Waals surface area contributed by atoms with E-state index in [-0.39, 0.29) is 0 Å². The fraction of sp³-hybridized carbons (Fsp3) is 0. The predicted octanol–water partition coefficient (Wildman–Crippen LogP) is 0.321. The van der Waals surface area contributed by atoms with Crippen LogP contribution in [0.25, 0.3) is 6.08 Å². The summed E-state index contributed by atoms with van der Waals surface area (Å²) in [6, 6.07) is 8.69. The summed E-state index contributed by atoms with van der Waals surface area (Å²) in [5, 5.41) is 18.7. The number of rotatable bonds is 2. The first-order chi connectivity index (χ1) is 6.24. The standard InChI is InChI=1S/C10H7NO2/c11-7-9-4-2-1-3-8(9)5-6-10(12)13/h1-6H,(H,12,13)/p-1/b6-5+. The van der Waals surface area contributed by atoms with E-state index in [1.807, 2.05) is 6.07 Å². The lowest BCUT2D eigenvalue weighted by atomic mass is 10.1. The Morgan fingerprint density at radius 2 is 2.15 bits per heavy atom. The molecule has 0 aliphatic carbocycles. The first kappa shape index (κ1) is 9.01. The lowest BCUT2D eigenvalue weighted by molar-refractivity contribution is -0.297. The number of nitriles is 1. The highest BCUT2D eigenvalue weighted by atomic mass is 16.4. The Balaban J connectivity index is 3.02. The minimum atomic E-state index is -1.27. The molecule has 0 N–H and O–H groups in total. The summed E-state index contributed by atoms with van der Waals surface area (Å²) in [5.74, 6) is -1.27. The zero-order chi connectivity index (χ0) is 9.68. The molecule has 13 heavy (non-hydrogen) atoms. The molecule has 0 aliphatic rings. The SMILES string of the molecule is N#Cc1ccccc1/C=C/C(=O)[O-]. The van der Waals surface area contributed by atoms with E-state index in [1.165, 1.54) is 6.08 Å². The van der Waals surface area contributed by atoms with Crippen molar-refractivity contribution in [3.8, 4) is 6.07 Å². The highest BCUT2D eigenvalue weighted by Crippen LogP contribution is 2.08. The minimum absolute atomic E-state index is 0.444. The summed E-state index contributed by atoms with van der Waals surface area (Å²) in [4.78, 5) is 10.1. The zero-order valence-corrected chi connectivity index (χ0v) is 6.73. The maximum Gasteiger partial charge on any atom is 0.0997 e. The number of carbonyl (C=O) groups is 1. The summed E-state index contributed by atoms with van der Waals surface area (Å²) < 4.78 is 0. The van der Waals surface area contributed by atoms with Crippen LogP contribution in [0.3, 0.4) is 0 Å². The molecular weight excluding hydrogens is 166 g/mol. The van der Waals surface area contributed by atoms with E-state index >= 15 is 0 Å². The van der Waals surface area contributed by atoms with E-state index in [9.17, 15) is 9.90 Å². The van der Waals surface area contributed by atoms with Crippen molar-refractivity contribution in [1.29, 1.82) is 5.26 Å². The number of carbonyl (C=O) groups excluding carboxylic acids is 1. The Kier molecular flexibility index (Phi) is 2.82. The van der Waals surface area contributed by atoms with Gasteiger partial charge in [-0.15, -0.1) is 0 Å². The summed E-state index contributed by atoms with van der Waals surface area (Å²) in [7, 11) is 0. The van der Waals surface area contributed by atoms with E-state index in [2.05, 4.69) is 0 Å². The van der Waals surface area contributed by atoms with Gasteiger partial charge in [-0.25, -0.2) is 0 Å². The predicted molar refractivity (Wildman–Crippen MR) is 45.2 cm³/mol. The fourth-order valence-electron chi connectivity index (χ4n) is 0.902. The summed E-state index contributed by atoms with van der Waals surface area (Å²) in [5.41, 5.74) is 1.02. The third-order valence-electron chi connectivity index (χ3n) is 1.48. The maximum absolute atomic E-state index is 10.1. The third kappa shape index (κ3) is 2.46. The van der Waals surface area contributed by atoms with Gasteiger partial charge in [-0.3, -0.25) is 0 Å². The molecule has 0 saturated carbocycles. The number of hydrogen-bond acceptors (Lipinski definition) is 3. The van der Waals surface area contributed by atoms with Gasteiger partial charge >= 0.3 is 0 Å². The minimum Gasteiger partial charge on any atom is -0.545 e. The molecule has 0 aromatic heterocycles. The van der Waals surface area contributed by atoms with Crippen LogP contribution in [0.2, 0.25) is 0 Å². The molecule has 0 radical (unpaired) electrons. The fourth-order valence-corrected chi connectivity index (χ4v) is 0.902. The van der Waals surface area contributed by atoms with Crippen molar-refractivity contribution in [3.63, 3.8) is 0 Å². The van der Waals surface area contributed by atoms with Crippen LogP contribution >= 0.6 is 0 Å². The number of carboxylic acid groups (broad SMARTS) is 1. The van der Waals surface area contributed by atoms with Crippen molar-refractivity contribution >= 4 is 12.0 Å². The van der Waals surface area contributed by atoms with Crippen LogP contribution in [0.1, 0.15) is 11.1 Å². The highest BCUT2D eigenvalue weighted by Gasteiger charge is 1.94. The Labute approximate surface area is 75.5 Å². The molecule has 1 rings (SSSR count). The second-order valence-electron chi connectivity index (χ2n) is 2.35. The van der Waals surface area contributed by atoms with Gasteiger partial charge < -0.3 is 9.90 Å². The lowest BCUT2D eigenvalue weighted by Crippen LogP contribution is -2.18.